The normalized spacial score (nSPS) is 11.2. The molecule has 0 aromatic carbocycles. The van der Waals surface area contributed by atoms with Crippen molar-refractivity contribution in [2.24, 2.45) is 0 Å². The van der Waals surface area contributed by atoms with Gasteiger partial charge in [-0.05, 0) is 38.6 Å². The summed E-state index contributed by atoms with van der Waals surface area (Å²) in [6.07, 6.45) is 0.740. The average Bonchev–Trinajstić information content (AvgIpc) is 2.87. The lowest BCUT2D eigenvalue weighted by Crippen LogP contribution is -2.33. The second kappa shape index (κ2) is 6.85. The topological polar surface area (TPSA) is 61.3 Å². The summed E-state index contributed by atoms with van der Waals surface area (Å²) in [5, 5.41) is 15.4. The molecule has 20 heavy (non-hydrogen) atoms. The fourth-order valence-electron chi connectivity index (χ4n) is 2.15. The van der Waals surface area contributed by atoms with Crippen molar-refractivity contribution in [3.63, 3.8) is 0 Å². The second-order valence-corrected chi connectivity index (χ2v) is 5.80. The van der Waals surface area contributed by atoms with Crippen molar-refractivity contribution in [1.82, 2.24) is 9.97 Å². The molecule has 2 rings (SSSR count). The van der Waals surface area contributed by atoms with Crippen molar-refractivity contribution in [3.05, 3.63) is 11.4 Å². The van der Waals surface area contributed by atoms with E-state index in [1.54, 1.807) is 11.3 Å². The van der Waals surface area contributed by atoms with Crippen LogP contribution in [0.3, 0.4) is 0 Å². The van der Waals surface area contributed by atoms with E-state index in [4.69, 9.17) is 5.11 Å². The zero-order valence-corrected chi connectivity index (χ0v) is 13.1. The van der Waals surface area contributed by atoms with Gasteiger partial charge in [0.2, 0.25) is 5.95 Å². The van der Waals surface area contributed by atoms with Crippen LogP contribution in [0.4, 0.5) is 11.8 Å². The molecule has 0 unspecified atom stereocenters. The number of hydrogen-bond acceptors (Lipinski definition) is 6. The van der Waals surface area contributed by atoms with Crippen molar-refractivity contribution in [2.75, 3.05) is 29.9 Å². The standard InChI is InChI=1S/C14H22N4OS/c1-4-15-14-16-12(11-6-9-20-13(11)17-14)18(10(2)3)7-5-8-19/h6,9-10,19H,4-5,7-8H2,1-3H3,(H,15,16,17). The molecule has 2 heterocycles. The minimum absolute atomic E-state index is 0.196. The van der Waals surface area contributed by atoms with Gasteiger partial charge < -0.3 is 15.3 Å². The first-order chi connectivity index (χ1) is 9.67. The van der Waals surface area contributed by atoms with Crippen LogP contribution >= 0.6 is 11.3 Å². The molecule has 0 fully saturated rings. The predicted molar refractivity (Wildman–Crippen MR) is 85.8 cm³/mol. The Kier molecular flexibility index (Phi) is 5.14. The highest BCUT2D eigenvalue weighted by molar-refractivity contribution is 7.16. The number of nitrogens with one attached hydrogen (secondary N) is 1. The van der Waals surface area contributed by atoms with Crippen molar-refractivity contribution in [3.8, 4) is 0 Å². The molecular weight excluding hydrogens is 272 g/mol. The van der Waals surface area contributed by atoms with Crippen LogP contribution in [-0.4, -0.2) is 40.8 Å². The Morgan fingerprint density at radius 3 is 2.85 bits per heavy atom. The highest BCUT2D eigenvalue weighted by Gasteiger charge is 2.17. The molecule has 0 aliphatic carbocycles. The van der Waals surface area contributed by atoms with E-state index < -0.39 is 0 Å². The molecule has 6 heteroatoms. The van der Waals surface area contributed by atoms with Gasteiger partial charge in [0.05, 0.1) is 5.39 Å². The van der Waals surface area contributed by atoms with E-state index in [9.17, 15) is 0 Å². The van der Waals surface area contributed by atoms with E-state index in [0.29, 0.717) is 12.0 Å². The summed E-state index contributed by atoms with van der Waals surface area (Å²) >= 11 is 1.63. The SMILES string of the molecule is CCNc1nc(N(CCCO)C(C)C)c2ccsc2n1. The lowest BCUT2D eigenvalue weighted by atomic mass is 10.2. The van der Waals surface area contributed by atoms with Gasteiger partial charge in [-0.2, -0.15) is 4.98 Å². The third-order valence-electron chi connectivity index (χ3n) is 3.09. The average molecular weight is 294 g/mol. The first-order valence-electron chi connectivity index (χ1n) is 7.04. The van der Waals surface area contributed by atoms with Crippen molar-refractivity contribution < 1.29 is 5.11 Å². The molecule has 0 amide bonds. The van der Waals surface area contributed by atoms with Gasteiger partial charge >= 0.3 is 0 Å². The summed E-state index contributed by atoms with van der Waals surface area (Å²) in [7, 11) is 0. The molecule has 2 aromatic rings. The predicted octanol–water partition coefficient (Wildman–Crippen LogP) is 2.72. The van der Waals surface area contributed by atoms with Gasteiger partial charge in [-0.25, -0.2) is 4.98 Å². The van der Waals surface area contributed by atoms with Gasteiger partial charge in [-0.1, -0.05) is 0 Å². The summed E-state index contributed by atoms with van der Waals surface area (Å²) in [4.78, 5) is 12.4. The lowest BCUT2D eigenvalue weighted by molar-refractivity contribution is 0.288. The summed E-state index contributed by atoms with van der Waals surface area (Å²) in [6.45, 7) is 8.11. The van der Waals surface area contributed by atoms with Crippen LogP contribution in [-0.2, 0) is 0 Å². The lowest BCUT2D eigenvalue weighted by Gasteiger charge is -2.28. The van der Waals surface area contributed by atoms with Crippen LogP contribution in [0.5, 0.6) is 0 Å². The van der Waals surface area contributed by atoms with Crippen LogP contribution in [0, 0.1) is 0 Å². The van der Waals surface area contributed by atoms with Gasteiger partial charge in [0.15, 0.2) is 0 Å². The van der Waals surface area contributed by atoms with Crippen LogP contribution in [0.2, 0.25) is 0 Å². The molecule has 0 aliphatic heterocycles. The maximum absolute atomic E-state index is 9.09. The Bertz CT molecular complexity index is 555. The third-order valence-corrected chi connectivity index (χ3v) is 3.90. The number of hydrogen-bond donors (Lipinski definition) is 2. The number of thiophene rings is 1. The molecule has 0 bridgehead atoms. The van der Waals surface area contributed by atoms with Crippen molar-refractivity contribution >= 4 is 33.3 Å². The zero-order chi connectivity index (χ0) is 14.5. The highest BCUT2D eigenvalue weighted by Crippen LogP contribution is 2.30. The Labute approximate surface area is 123 Å². The summed E-state index contributed by atoms with van der Waals surface area (Å²) < 4.78 is 0. The van der Waals surface area contributed by atoms with Gasteiger partial charge in [-0.3, -0.25) is 0 Å². The Hall–Kier alpha value is -1.40. The van der Waals surface area contributed by atoms with Gasteiger partial charge in [0.25, 0.3) is 0 Å². The van der Waals surface area contributed by atoms with E-state index in [1.165, 1.54) is 0 Å². The molecule has 0 radical (unpaired) electrons. The van der Waals surface area contributed by atoms with Crippen LogP contribution in [0.15, 0.2) is 11.4 Å². The largest absolute Gasteiger partial charge is 0.396 e. The van der Waals surface area contributed by atoms with E-state index in [0.717, 1.165) is 35.5 Å². The fraction of sp³-hybridized carbons (Fsp3) is 0.571. The molecule has 0 aliphatic rings. The maximum Gasteiger partial charge on any atom is 0.226 e. The molecule has 2 aromatic heterocycles. The fourth-order valence-corrected chi connectivity index (χ4v) is 2.90. The van der Waals surface area contributed by atoms with Gasteiger partial charge in [0, 0.05) is 25.7 Å². The number of aliphatic hydroxyl groups is 1. The Morgan fingerprint density at radius 2 is 2.20 bits per heavy atom. The molecule has 0 atom stereocenters. The number of aromatic nitrogens is 2. The minimum Gasteiger partial charge on any atom is -0.396 e. The molecule has 110 valence electrons. The summed E-state index contributed by atoms with van der Waals surface area (Å²) in [5.74, 6) is 1.63. The first kappa shape index (κ1) is 15.0. The molecule has 2 N–H and O–H groups in total. The molecule has 0 saturated heterocycles. The van der Waals surface area contributed by atoms with Gasteiger partial charge in [-0.15, -0.1) is 11.3 Å². The number of nitrogens with zero attached hydrogens (tertiary/aromatic N) is 3. The van der Waals surface area contributed by atoms with Crippen molar-refractivity contribution in [2.45, 2.75) is 33.2 Å². The number of fused-ring (bicyclic) bond motifs is 1. The highest BCUT2D eigenvalue weighted by atomic mass is 32.1. The Balaban J connectivity index is 2.45. The molecule has 0 spiro atoms. The van der Waals surface area contributed by atoms with E-state index in [1.807, 2.05) is 12.3 Å². The van der Waals surface area contributed by atoms with E-state index in [2.05, 4.69) is 40.1 Å². The molecule has 5 nitrogen and oxygen atoms in total. The third kappa shape index (κ3) is 3.19. The quantitative estimate of drug-likeness (QED) is 0.822. The Morgan fingerprint density at radius 1 is 1.40 bits per heavy atom. The number of rotatable bonds is 7. The van der Waals surface area contributed by atoms with E-state index in [-0.39, 0.29) is 6.61 Å². The monoisotopic (exact) mass is 294 g/mol. The van der Waals surface area contributed by atoms with Crippen LogP contribution < -0.4 is 10.2 Å². The molecule has 0 saturated carbocycles. The van der Waals surface area contributed by atoms with Gasteiger partial charge in [0.1, 0.15) is 10.6 Å². The smallest absolute Gasteiger partial charge is 0.226 e. The van der Waals surface area contributed by atoms with Crippen LogP contribution in [0.1, 0.15) is 27.2 Å². The number of aliphatic hydroxyl groups excluding tert-OH is 1. The summed E-state index contributed by atoms with van der Waals surface area (Å²) in [5.41, 5.74) is 0. The van der Waals surface area contributed by atoms with Crippen LogP contribution in [0.25, 0.3) is 10.2 Å². The first-order valence-corrected chi connectivity index (χ1v) is 7.92. The zero-order valence-electron chi connectivity index (χ0n) is 12.3. The summed E-state index contributed by atoms with van der Waals surface area (Å²) in [6, 6.07) is 2.40. The second-order valence-electron chi connectivity index (χ2n) is 4.90. The number of anilines is 2. The molecular formula is C14H22N4OS. The van der Waals surface area contributed by atoms with Crippen molar-refractivity contribution in [1.29, 1.82) is 0 Å². The minimum atomic E-state index is 0.196. The maximum atomic E-state index is 9.09. The van der Waals surface area contributed by atoms with E-state index >= 15 is 0 Å².